The summed E-state index contributed by atoms with van der Waals surface area (Å²) in [5.74, 6) is 1.36. The molecule has 0 saturated carbocycles. The van der Waals surface area contributed by atoms with Crippen molar-refractivity contribution in [1.29, 1.82) is 0 Å². The van der Waals surface area contributed by atoms with Crippen molar-refractivity contribution < 1.29 is 19.1 Å². The largest absolute Gasteiger partial charge is 0.493 e. The minimum atomic E-state index is -0.224. The molecule has 26 heavy (non-hydrogen) atoms. The molecule has 6 nitrogen and oxygen atoms in total. The van der Waals surface area contributed by atoms with Crippen LogP contribution in [0, 0.1) is 5.92 Å². The van der Waals surface area contributed by atoms with Gasteiger partial charge in [-0.2, -0.15) is 0 Å². The quantitative estimate of drug-likeness (QED) is 0.808. The van der Waals surface area contributed by atoms with Gasteiger partial charge in [0.25, 0.3) is 0 Å². The lowest BCUT2D eigenvalue weighted by Crippen LogP contribution is -2.41. The SMILES string of the molecule is CCC(C)N1CC(C(=O)N2CCc3cc(OC)c(OC)cc3C2)CC1=O. The van der Waals surface area contributed by atoms with E-state index in [4.69, 9.17) is 9.47 Å². The van der Waals surface area contributed by atoms with Crippen molar-refractivity contribution in [3.63, 3.8) is 0 Å². The number of fused-ring (bicyclic) bond motifs is 1. The van der Waals surface area contributed by atoms with E-state index in [1.165, 1.54) is 5.56 Å². The van der Waals surface area contributed by atoms with Gasteiger partial charge < -0.3 is 19.3 Å². The molecule has 2 amide bonds. The summed E-state index contributed by atoms with van der Waals surface area (Å²) in [4.78, 5) is 29.0. The topological polar surface area (TPSA) is 59.1 Å². The highest BCUT2D eigenvalue weighted by Crippen LogP contribution is 2.34. The van der Waals surface area contributed by atoms with Gasteiger partial charge in [-0.05, 0) is 43.0 Å². The number of benzene rings is 1. The first-order valence-electron chi connectivity index (χ1n) is 9.30. The summed E-state index contributed by atoms with van der Waals surface area (Å²) in [6, 6.07) is 4.15. The van der Waals surface area contributed by atoms with Crippen LogP contribution in [0.1, 0.15) is 37.8 Å². The summed E-state index contributed by atoms with van der Waals surface area (Å²) in [5.41, 5.74) is 2.28. The monoisotopic (exact) mass is 360 g/mol. The van der Waals surface area contributed by atoms with E-state index in [1.807, 2.05) is 28.9 Å². The molecule has 2 aliphatic heterocycles. The summed E-state index contributed by atoms with van der Waals surface area (Å²) in [5, 5.41) is 0. The summed E-state index contributed by atoms with van der Waals surface area (Å²) in [7, 11) is 3.24. The number of carbonyl (C=O) groups is 2. The van der Waals surface area contributed by atoms with E-state index in [2.05, 4.69) is 6.92 Å². The summed E-state index contributed by atoms with van der Waals surface area (Å²) in [6.07, 6.45) is 2.03. The highest BCUT2D eigenvalue weighted by molar-refractivity contribution is 5.89. The molecule has 1 aromatic carbocycles. The van der Waals surface area contributed by atoms with E-state index in [-0.39, 0.29) is 23.8 Å². The van der Waals surface area contributed by atoms with Crippen LogP contribution in [-0.4, -0.2) is 55.0 Å². The van der Waals surface area contributed by atoms with Crippen LogP contribution in [0.2, 0.25) is 0 Å². The number of rotatable bonds is 5. The van der Waals surface area contributed by atoms with E-state index in [9.17, 15) is 9.59 Å². The number of likely N-dealkylation sites (tertiary alicyclic amines) is 1. The van der Waals surface area contributed by atoms with Crippen molar-refractivity contribution in [2.75, 3.05) is 27.3 Å². The normalized spacial score (nSPS) is 20.8. The predicted molar refractivity (Wildman–Crippen MR) is 98.2 cm³/mol. The Morgan fingerprint density at radius 2 is 1.88 bits per heavy atom. The van der Waals surface area contributed by atoms with Crippen molar-refractivity contribution in [2.24, 2.45) is 5.92 Å². The second kappa shape index (κ2) is 7.56. The Labute approximate surface area is 155 Å². The van der Waals surface area contributed by atoms with E-state index in [0.29, 0.717) is 31.8 Å². The van der Waals surface area contributed by atoms with Gasteiger partial charge in [-0.1, -0.05) is 6.92 Å². The highest BCUT2D eigenvalue weighted by Gasteiger charge is 2.38. The summed E-state index contributed by atoms with van der Waals surface area (Å²) >= 11 is 0. The second-order valence-electron chi connectivity index (χ2n) is 7.19. The third-order valence-electron chi connectivity index (χ3n) is 5.66. The molecule has 2 atom stereocenters. The van der Waals surface area contributed by atoms with E-state index in [0.717, 1.165) is 24.2 Å². The Hall–Kier alpha value is -2.24. The molecule has 0 bridgehead atoms. The van der Waals surface area contributed by atoms with Crippen LogP contribution in [0.3, 0.4) is 0 Å². The lowest BCUT2D eigenvalue weighted by Gasteiger charge is -2.31. The Morgan fingerprint density at radius 3 is 2.50 bits per heavy atom. The maximum atomic E-state index is 13.0. The number of amides is 2. The number of hydrogen-bond acceptors (Lipinski definition) is 4. The third kappa shape index (κ3) is 3.37. The smallest absolute Gasteiger partial charge is 0.228 e. The van der Waals surface area contributed by atoms with Crippen LogP contribution in [0.15, 0.2) is 12.1 Å². The number of methoxy groups -OCH3 is 2. The molecule has 1 saturated heterocycles. The molecule has 1 fully saturated rings. The zero-order chi connectivity index (χ0) is 18.8. The lowest BCUT2D eigenvalue weighted by molar-refractivity contribution is -0.136. The lowest BCUT2D eigenvalue weighted by atomic mass is 9.97. The molecule has 0 aromatic heterocycles. The van der Waals surface area contributed by atoms with Crippen LogP contribution >= 0.6 is 0 Å². The van der Waals surface area contributed by atoms with Gasteiger partial charge in [0.2, 0.25) is 11.8 Å². The molecule has 142 valence electrons. The van der Waals surface area contributed by atoms with Crippen molar-refractivity contribution >= 4 is 11.8 Å². The van der Waals surface area contributed by atoms with Gasteiger partial charge in [-0.25, -0.2) is 0 Å². The van der Waals surface area contributed by atoms with Crippen molar-refractivity contribution in [2.45, 2.75) is 45.7 Å². The predicted octanol–water partition coefficient (Wildman–Crippen LogP) is 2.24. The fourth-order valence-corrected chi connectivity index (χ4v) is 3.87. The zero-order valence-electron chi connectivity index (χ0n) is 16.1. The highest BCUT2D eigenvalue weighted by atomic mass is 16.5. The van der Waals surface area contributed by atoms with E-state index in [1.54, 1.807) is 14.2 Å². The third-order valence-corrected chi connectivity index (χ3v) is 5.66. The van der Waals surface area contributed by atoms with Crippen molar-refractivity contribution in [3.05, 3.63) is 23.3 Å². The van der Waals surface area contributed by atoms with E-state index < -0.39 is 0 Å². The standard InChI is InChI=1S/C20H28N2O4/c1-5-13(2)22-12-16(10-19(22)23)20(24)21-7-6-14-8-17(25-3)18(26-4)9-15(14)11-21/h8-9,13,16H,5-7,10-12H2,1-4H3. The number of carbonyl (C=O) groups excluding carboxylic acids is 2. The minimum absolute atomic E-state index is 0.0876. The fraction of sp³-hybridized carbons (Fsp3) is 0.600. The van der Waals surface area contributed by atoms with Crippen LogP contribution in [-0.2, 0) is 22.6 Å². The maximum absolute atomic E-state index is 13.0. The Morgan fingerprint density at radius 1 is 1.23 bits per heavy atom. The molecule has 3 rings (SSSR count). The Bertz CT molecular complexity index is 703. The van der Waals surface area contributed by atoms with Crippen LogP contribution in [0.25, 0.3) is 0 Å². The van der Waals surface area contributed by atoms with Crippen LogP contribution in [0.4, 0.5) is 0 Å². The molecule has 0 N–H and O–H groups in total. The molecule has 1 aromatic rings. The average molecular weight is 360 g/mol. The minimum Gasteiger partial charge on any atom is -0.493 e. The van der Waals surface area contributed by atoms with E-state index >= 15 is 0 Å². The first-order valence-corrected chi connectivity index (χ1v) is 9.30. The van der Waals surface area contributed by atoms with Crippen LogP contribution < -0.4 is 9.47 Å². The van der Waals surface area contributed by atoms with Gasteiger partial charge >= 0.3 is 0 Å². The van der Waals surface area contributed by atoms with Crippen molar-refractivity contribution in [3.8, 4) is 11.5 Å². The Balaban J connectivity index is 1.72. The van der Waals surface area contributed by atoms with Crippen molar-refractivity contribution in [1.82, 2.24) is 9.80 Å². The summed E-state index contributed by atoms with van der Waals surface area (Å²) < 4.78 is 10.8. The number of nitrogens with zero attached hydrogens (tertiary/aromatic N) is 2. The van der Waals surface area contributed by atoms with Gasteiger partial charge in [0.05, 0.1) is 20.1 Å². The molecule has 6 heteroatoms. The molecule has 0 aliphatic carbocycles. The van der Waals surface area contributed by atoms with Crippen LogP contribution in [0.5, 0.6) is 11.5 Å². The molecule has 0 spiro atoms. The Kier molecular flexibility index (Phi) is 5.39. The van der Waals surface area contributed by atoms with Gasteiger partial charge in [0, 0.05) is 32.1 Å². The molecule has 0 radical (unpaired) electrons. The number of ether oxygens (including phenoxy) is 2. The average Bonchev–Trinajstić information content (AvgIpc) is 3.06. The first-order chi connectivity index (χ1) is 12.5. The summed E-state index contributed by atoms with van der Waals surface area (Å²) in [6.45, 7) is 5.89. The number of hydrogen-bond donors (Lipinski definition) is 0. The van der Waals surface area contributed by atoms with Gasteiger partial charge in [-0.3, -0.25) is 9.59 Å². The van der Waals surface area contributed by atoms with Gasteiger partial charge in [0.1, 0.15) is 0 Å². The molecular weight excluding hydrogens is 332 g/mol. The zero-order valence-corrected chi connectivity index (χ0v) is 16.1. The first kappa shape index (κ1) is 18.5. The second-order valence-corrected chi connectivity index (χ2v) is 7.19. The van der Waals surface area contributed by atoms with Gasteiger partial charge in [-0.15, -0.1) is 0 Å². The molecular formula is C20H28N2O4. The molecule has 2 heterocycles. The maximum Gasteiger partial charge on any atom is 0.228 e. The fourth-order valence-electron chi connectivity index (χ4n) is 3.87. The molecule has 2 unspecified atom stereocenters. The van der Waals surface area contributed by atoms with Gasteiger partial charge in [0.15, 0.2) is 11.5 Å². The molecule has 2 aliphatic rings.